The number of aliphatic carboxylic acids is 1. The van der Waals surface area contributed by atoms with E-state index < -0.39 is 5.97 Å². The standard InChI is InChI=1S/C11H21NO3/c13-8-10-4-2-1-3-9(10)7-12-6-5-11(14)15/h9-10,12-13H,1-8H2,(H,14,15). The van der Waals surface area contributed by atoms with E-state index in [-0.39, 0.29) is 13.0 Å². The van der Waals surface area contributed by atoms with Gasteiger partial charge < -0.3 is 15.5 Å². The summed E-state index contributed by atoms with van der Waals surface area (Å²) in [4.78, 5) is 10.3. The van der Waals surface area contributed by atoms with E-state index in [1.807, 2.05) is 0 Å². The van der Waals surface area contributed by atoms with E-state index in [2.05, 4.69) is 5.32 Å². The summed E-state index contributed by atoms with van der Waals surface area (Å²) in [7, 11) is 0. The first-order valence-electron chi connectivity index (χ1n) is 5.77. The minimum Gasteiger partial charge on any atom is -0.481 e. The molecule has 4 nitrogen and oxygen atoms in total. The molecule has 1 aliphatic carbocycles. The van der Waals surface area contributed by atoms with Crippen LogP contribution >= 0.6 is 0 Å². The van der Waals surface area contributed by atoms with Gasteiger partial charge >= 0.3 is 5.97 Å². The first-order valence-corrected chi connectivity index (χ1v) is 5.77. The van der Waals surface area contributed by atoms with Gasteiger partial charge in [0, 0.05) is 13.2 Å². The van der Waals surface area contributed by atoms with Crippen LogP contribution in [0.15, 0.2) is 0 Å². The Morgan fingerprint density at radius 1 is 1.27 bits per heavy atom. The summed E-state index contributed by atoms with van der Waals surface area (Å²) >= 11 is 0. The monoisotopic (exact) mass is 215 g/mol. The Bertz CT molecular complexity index is 196. The third kappa shape index (κ3) is 4.62. The van der Waals surface area contributed by atoms with Crippen molar-refractivity contribution in [3.63, 3.8) is 0 Å². The van der Waals surface area contributed by atoms with E-state index in [4.69, 9.17) is 5.11 Å². The molecule has 88 valence electrons. The quantitative estimate of drug-likeness (QED) is 0.574. The molecule has 0 heterocycles. The molecule has 1 aliphatic rings. The molecule has 0 radical (unpaired) electrons. The lowest BCUT2D eigenvalue weighted by Gasteiger charge is -2.30. The molecule has 0 spiro atoms. The number of nitrogens with one attached hydrogen (secondary N) is 1. The zero-order valence-corrected chi connectivity index (χ0v) is 9.11. The van der Waals surface area contributed by atoms with Gasteiger partial charge in [0.05, 0.1) is 6.42 Å². The predicted molar refractivity (Wildman–Crippen MR) is 57.7 cm³/mol. The van der Waals surface area contributed by atoms with Gasteiger partial charge in [-0.25, -0.2) is 0 Å². The van der Waals surface area contributed by atoms with Crippen LogP contribution in [0.4, 0.5) is 0 Å². The maximum absolute atomic E-state index is 10.3. The fourth-order valence-corrected chi connectivity index (χ4v) is 2.28. The van der Waals surface area contributed by atoms with Crippen LogP contribution in [-0.2, 0) is 4.79 Å². The molecule has 0 aromatic carbocycles. The van der Waals surface area contributed by atoms with Gasteiger partial charge in [0.1, 0.15) is 0 Å². The van der Waals surface area contributed by atoms with Crippen molar-refractivity contribution < 1.29 is 15.0 Å². The zero-order chi connectivity index (χ0) is 11.1. The minimum atomic E-state index is -0.759. The first-order chi connectivity index (χ1) is 7.24. The molecular weight excluding hydrogens is 194 g/mol. The van der Waals surface area contributed by atoms with Crippen molar-refractivity contribution in [1.29, 1.82) is 0 Å². The summed E-state index contributed by atoms with van der Waals surface area (Å²) in [6.45, 7) is 1.65. The van der Waals surface area contributed by atoms with Gasteiger partial charge in [0.15, 0.2) is 0 Å². The van der Waals surface area contributed by atoms with E-state index in [0.29, 0.717) is 18.4 Å². The molecular formula is C11H21NO3. The maximum Gasteiger partial charge on any atom is 0.304 e. The Morgan fingerprint density at radius 2 is 1.93 bits per heavy atom. The summed E-state index contributed by atoms with van der Waals surface area (Å²) in [5.74, 6) is 0.179. The topological polar surface area (TPSA) is 69.6 Å². The highest BCUT2D eigenvalue weighted by Crippen LogP contribution is 2.28. The Balaban J connectivity index is 2.15. The van der Waals surface area contributed by atoms with E-state index in [1.54, 1.807) is 0 Å². The second-order valence-electron chi connectivity index (χ2n) is 4.34. The number of carbonyl (C=O) groups is 1. The number of carboxylic acid groups (broad SMARTS) is 1. The number of rotatable bonds is 6. The van der Waals surface area contributed by atoms with Crippen molar-refractivity contribution >= 4 is 5.97 Å². The molecule has 15 heavy (non-hydrogen) atoms. The lowest BCUT2D eigenvalue weighted by Crippen LogP contribution is -2.33. The van der Waals surface area contributed by atoms with Gasteiger partial charge in [-0.15, -0.1) is 0 Å². The summed E-state index contributed by atoms with van der Waals surface area (Å²) in [6, 6.07) is 0. The van der Waals surface area contributed by atoms with Crippen molar-refractivity contribution in [3.8, 4) is 0 Å². The molecule has 0 aromatic heterocycles. The lowest BCUT2D eigenvalue weighted by molar-refractivity contribution is -0.136. The average molecular weight is 215 g/mol. The molecule has 1 fully saturated rings. The van der Waals surface area contributed by atoms with E-state index in [0.717, 1.165) is 19.4 Å². The number of aliphatic hydroxyl groups excluding tert-OH is 1. The third-order valence-corrected chi connectivity index (χ3v) is 3.22. The number of hydrogen-bond donors (Lipinski definition) is 3. The van der Waals surface area contributed by atoms with Crippen molar-refractivity contribution in [1.82, 2.24) is 5.32 Å². The molecule has 4 heteroatoms. The molecule has 1 saturated carbocycles. The zero-order valence-electron chi connectivity index (χ0n) is 9.11. The molecule has 0 aliphatic heterocycles. The fraction of sp³-hybridized carbons (Fsp3) is 0.909. The fourth-order valence-electron chi connectivity index (χ4n) is 2.28. The van der Waals surface area contributed by atoms with Crippen molar-refractivity contribution in [2.24, 2.45) is 11.8 Å². The first kappa shape index (κ1) is 12.5. The second kappa shape index (κ2) is 6.80. The van der Waals surface area contributed by atoms with Crippen LogP contribution in [0, 0.1) is 11.8 Å². The van der Waals surface area contributed by atoms with Crippen LogP contribution in [0.1, 0.15) is 32.1 Å². The minimum absolute atomic E-state index is 0.177. The van der Waals surface area contributed by atoms with Crippen LogP contribution in [0.25, 0.3) is 0 Å². The Kier molecular flexibility index (Phi) is 5.65. The second-order valence-corrected chi connectivity index (χ2v) is 4.34. The number of carboxylic acids is 1. The summed E-state index contributed by atoms with van der Waals surface area (Å²) in [5.41, 5.74) is 0. The summed E-state index contributed by atoms with van der Waals surface area (Å²) < 4.78 is 0. The molecule has 3 N–H and O–H groups in total. The van der Waals surface area contributed by atoms with Crippen LogP contribution in [0.2, 0.25) is 0 Å². The van der Waals surface area contributed by atoms with Crippen LogP contribution < -0.4 is 5.32 Å². The Morgan fingerprint density at radius 3 is 2.53 bits per heavy atom. The van der Waals surface area contributed by atoms with Crippen molar-refractivity contribution in [3.05, 3.63) is 0 Å². The van der Waals surface area contributed by atoms with Crippen molar-refractivity contribution in [2.45, 2.75) is 32.1 Å². The van der Waals surface area contributed by atoms with Crippen LogP contribution in [0.3, 0.4) is 0 Å². The van der Waals surface area contributed by atoms with Gasteiger partial charge in [-0.1, -0.05) is 12.8 Å². The van der Waals surface area contributed by atoms with E-state index in [1.165, 1.54) is 12.8 Å². The third-order valence-electron chi connectivity index (χ3n) is 3.22. The molecule has 0 aromatic rings. The number of hydrogen-bond acceptors (Lipinski definition) is 3. The van der Waals surface area contributed by atoms with Gasteiger partial charge in [0.25, 0.3) is 0 Å². The smallest absolute Gasteiger partial charge is 0.304 e. The maximum atomic E-state index is 10.3. The highest BCUT2D eigenvalue weighted by molar-refractivity contribution is 5.66. The largest absolute Gasteiger partial charge is 0.481 e. The highest BCUT2D eigenvalue weighted by atomic mass is 16.4. The lowest BCUT2D eigenvalue weighted by atomic mass is 9.79. The Labute approximate surface area is 90.7 Å². The molecule has 2 unspecified atom stereocenters. The Hall–Kier alpha value is -0.610. The predicted octanol–water partition coefficient (Wildman–Crippen LogP) is 0.849. The van der Waals surface area contributed by atoms with Crippen molar-refractivity contribution in [2.75, 3.05) is 19.7 Å². The average Bonchev–Trinajstić information content (AvgIpc) is 2.24. The van der Waals surface area contributed by atoms with Gasteiger partial charge in [0.2, 0.25) is 0 Å². The molecule has 0 bridgehead atoms. The van der Waals surface area contributed by atoms with Crippen LogP contribution in [0.5, 0.6) is 0 Å². The van der Waals surface area contributed by atoms with Crippen LogP contribution in [-0.4, -0.2) is 35.9 Å². The van der Waals surface area contributed by atoms with Gasteiger partial charge in [-0.3, -0.25) is 4.79 Å². The number of aliphatic hydroxyl groups is 1. The van der Waals surface area contributed by atoms with Gasteiger partial charge in [-0.05, 0) is 31.2 Å². The van der Waals surface area contributed by atoms with E-state index in [9.17, 15) is 9.90 Å². The van der Waals surface area contributed by atoms with E-state index >= 15 is 0 Å². The highest BCUT2D eigenvalue weighted by Gasteiger charge is 2.23. The molecule has 1 rings (SSSR count). The summed E-state index contributed by atoms with van der Waals surface area (Å²) in [5, 5.41) is 20.8. The molecule has 2 atom stereocenters. The SMILES string of the molecule is O=C(O)CCNCC1CCCCC1CO. The normalized spacial score (nSPS) is 26.5. The molecule has 0 saturated heterocycles. The molecule has 0 amide bonds. The van der Waals surface area contributed by atoms with Gasteiger partial charge in [-0.2, -0.15) is 0 Å². The summed E-state index contributed by atoms with van der Waals surface area (Å²) in [6.07, 6.45) is 4.90.